The largest absolute Gasteiger partial charge is 0.491 e. The standard InChI is InChI=1S/C16H24N2O5/c1-13-11-17(12-14(2)23-13)6-7-21-8-9-22-16-5-3-4-15(10-16)18(19)20/h3-5,10,13-14H,6-9,11-12H2,1-2H3/p+1/t13-,14+. The molecule has 1 aliphatic heterocycles. The van der Waals surface area contributed by atoms with Crippen LogP contribution in [0.2, 0.25) is 0 Å². The normalized spacial score (nSPS) is 24.3. The molecule has 23 heavy (non-hydrogen) atoms. The van der Waals surface area contributed by atoms with Crippen molar-refractivity contribution < 1.29 is 24.0 Å². The molecule has 0 amide bonds. The average molecular weight is 325 g/mol. The van der Waals surface area contributed by atoms with E-state index in [2.05, 4.69) is 13.8 Å². The van der Waals surface area contributed by atoms with Gasteiger partial charge in [-0.25, -0.2) is 0 Å². The highest BCUT2D eigenvalue weighted by Crippen LogP contribution is 2.18. The SMILES string of the molecule is C[C@@H]1C[NH+](CCOCCOc2cccc([N+](=O)[O-])c2)C[C@H](C)O1. The van der Waals surface area contributed by atoms with Crippen molar-refractivity contribution in [3.8, 4) is 5.75 Å². The predicted molar refractivity (Wildman–Crippen MR) is 85.0 cm³/mol. The molecule has 7 heteroatoms. The number of quaternary nitrogens is 1. The van der Waals surface area contributed by atoms with Crippen LogP contribution in [-0.4, -0.2) is 56.6 Å². The van der Waals surface area contributed by atoms with Crippen LogP contribution in [0.1, 0.15) is 13.8 Å². The summed E-state index contributed by atoms with van der Waals surface area (Å²) in [4.78, 5) is 11.7. The van der Waals surface area contributed by atoms with Crippen molar-refractivity contribution >= 4 is 5.69 Å². The van der Waals surface area contributed by atoms with Crippen LogP contribution in [0.15, 0.2) is 24.3 Å². The quantitative estimate of drug-likeness (QED) is 0.432. The summed E-state index contributed by atoms with van der Waals surface area (Å²) in [6.07, 6.45) is 0.594. The molecule has 1 fully saturated rings. The first-order valence-electron chi connectivity index (χ1n) is 7.98. The van der Waals surface area contributed by atoms with Crippen LogP contribution in [0.4, 0.5) is 5.69 Å². The van der Waals surface area contributed by atoms with E-state index in [0.29, 0.717) is 37.8 Å². The Labute approximate surface area is 136 Å². The molecule has 2 rings (SSSR count). The van der Waals surface area contributed by atoms with Crippen molar-refractivity contribution in [3.63, 3.8) is 0 Å². The molecule has 128 valence electrons. The number of nitro groups is 1. The predicted octanol–water partition coefficient (Wildman–Crippen LogP) is 0.682. The van der Waals surface area contributed by atoms with E-state index < -0.39 is 4.92 Å². The first-order chi connectivity index (χ1) is 11.0. The van der Waals surface area contributed by atoms with Crippen molar-refractivity contribution in [2.45, 2.75) is 26.1 Å². The van der Waals surface area contributed by atoms with Gasteiger partial charge in [-0.1, -0.05) is 6.07 Å². The number of rotatable bonds is 8. The Morgan fingerprint density at radius 2 is 2.00 bits per heavy atom. The van der Waals surface area contributed by atoms with Crippen LogP contribution in [0.25, 0.3) is 0 Å². The summed E-state index contributed by atoms with van der Waals surface area (Å²) >= 11 is 0. The van der Waals surface area contributed by atoms with Crippen molar-refractivity contribution in [1.29, 1.82) is 0 Å². The second kappa shape index (κ2) is 8.81. The fourth-order valence-electron chi connectivity index (χ4n) is 2.82. The van der Waals surface area contributed by atoms with Crippen molar-refractivity contribution in [1.82, 2.24) is 0 Å². The molecular formula is C16H25N2O5+. The Hall–Kier alpha value is -1.70. The Morgan fingerprint density at radius 3 is 2.70 bits per heavy atom. The van der Waals surface area contributed by atoms with Crippen LogP contribution in [0, 0.1) is 10.1 Å². The van der Waals surface area contributed by atoms with Gasteiger partial charge >= 0.3 is 0 Å². The van der Waals surface area contributed by atoms with Gasteiger partial charge in [0, 0.05) is 6.07 Å². The highest BCUT2D eigenvalue weighted by Gasteiger charge is 2.24. The summed E-state index contributed by atoms with van der Waals surface area (Å²) in [7, 11) is 0. The lowest BCUT2D eigenvalue weighted by Crippen LogP contribution is -3.15. The molecule has 1 heterocycles. The average Bonchev–Trinajstić information content (AvgIpc) is 2.50. The third-order valence-corrected chi connectivity index (χ3v) is 3.74. The van der Waals surface area contributed by atoms with Crippen LogP contribution < -0.4 is 9.64 Å². The van der Waals surface area contributed by atoms with Gasteiger partial charge in [0.25, 0.3) is 5.69 Å². The van der Waals surface area contributed by atoms with Gasteiger partial charge in [0.05, 0.1) is 24.2 Å². The molecule has 0 aromatic heterocycles. The number of nitrogens with one attached hydrogen (secondary N) is 1. The number of benzene rings is 1. The molecule has 1 aliphatic rings. The highest BCUT2D eigenvalue weighted by atomic mass is 16.6. The summed E-state index contributed by atoms with van der Waals surface area (Å²) in [5.41, 5.74) is 0.0302. The van der Waals surface area contributed by atoms with Crippen LogP contribution >= 0.6 is 0 Å². The third kappa shape index (κ3) is 6.13. The second-order valence-electron chi connectivity index (χ2n) is 5.88. The molecule has 1 saturated heterocycles. The molecule has 0 radical (unpaired) electrons. The van der Waals surface area contributed by atoms with Gasteiger partial charge in [-0.3, -0.25) is 10.1 Å². The number of hydrogen-bond donors (Lipinski definition) is 1. The molecule has 1 unspecified atom stereocenters. The minimum absolute atomic E-state index is 0.0302. The zero-order valence-electron chi connectivity index (χ0n) is 13.7. The van der Waals surface area contributed by atoms with E-state index in [1.807, 2.05) is 0 Å². The molecule has 0 aliphatic carbocycles. The number of ether oxygens (including phenoxy) is 3. The van der Waals surface area contributed by atoms with Crippen LogP contribution in [-0.2, 0) is 9.47 Å². The molecular weight excluding hydrogens is 300 g/mol. The Morgan fingerprint density at radius 1 is 1.26 bits per heavy atom. The number of non-ortho nitro benzene ring substituents is 1. The maximum absolute atomic E-state index is 10.7. The van der Waals surface area contributed by atoms with Gasteiger partial charge in [-0.2, -0.15) is 0 Å². The minimum Gasteiger partial charge on any atom is -0.491 e. The zero-order chi connectivity index (χ0) is 16.7. The molecule has 0 bridgehead atoms. The Balaban J connectivity index is 1.59. The molecule has 1 aromatic rings. The Kier molecular flexibility index (Phi) is 6.76. The zero-order valence-corrected chi connectivity index (χ0v) is 13.7. The van der Waals surface area contributed by atoms with E-state index in [1.54, 1.807) is 12.1 Å². The smallest absolute Gasteiger partial charge is 0.273 e. The fraction of sp³-hybridized carbons (Fsp3) is 0.625. The van der Waals surface area contributed by atoms with E-state index in [4.69, 9.17) is 14.2 Å². The monoisotopic (exact) mass is 325 g/mol. The molecule has 1 aromatic carbocycles. The molecule has 7 nitrogen and oxygen atoms in total. The first kappa shape index (κ1) is 17.7. The highest BCUT2D eigenvalue weighted by molar-refractivity contribution is 5.37. The Bertz CT molecular complexity index is 501. The summed E-state index contributed by atoms with van der Waals surface area (Å²) in [6.45, 7) is 8.70. The van der Waals surface area contributed by atoms with Crippen molar-refractivity contribution in [2.24, 2.45) is 0 Å². The van der Waals surface area contributed by atoms with Gasteiger partial charge < -0.3 is 19.1 Å². The van der Waals surface area contributed by atoms with Gasteiger partial charge in [-0.05, 0) is 19.9 Å². The summed E-state index contributed by atoms with van der Waals surface area (Å²) in [6, 6.07) is 6.17. The maximum Gasteiger partial charge on any atom is 0.273 e. The van der Waals surface area contributed by atoms with Crippen molar-refractivity contribution in [2.75, 3.05) is 39.5 Å². The van der Waals surface area contributed by atoms with E-state index in [9.17, 15) is 10.1 Å². The summed E-state index contributed by atoms with van der Waals surface area (Å²) in [5, 5.41) is 10.7. The van der Waals surface area contributed by atoms with E-state index in [1.165, 1.54) is 17.0 Å². The molecule has 3 atom stereocenters. The molecule has 0 spiro atoms. The third-order valence-electron chi connectivity index (χ3n) is 3.74. The van der Waals surface area contributed by atoms with Crippen molar-refractivity contribution in [3.05, 3.63) is 34.4 Å². The fourth-order valence-corrected chi connectivity index (χ4v) is 2.82. The van der Waals surface area contributed by atoms with Gasteiger partial charge in [0.1, 0.15) is 44.2 Å². The topological polar surface area (TPSA) is 75.3 Å². The minimum atomic E-state index is -0.434. The lowest BCUT2D eigenvalue weighted by Gasteiger charge is -2.32. The summed E-state index contributed by atoms with van der Waals surface area (Å²) < 4.78 is 16.8. The number of morpholine rings is 1. The second-order valence-corrected chi connectivity index (χ2v) is 5.88. The van der Waals surface area contributed by atoms with E-state index in [-0.39, 0.29) is 5.69 Å². The lowest BCUT2D eigenvalue weighted by molar-refractivity contribution is -0.915. The van der Waals surface area contributed by atoms with E-state index >= 15 is 0 Å². The maximum atomic E-state index is 10.7. The number of nitrogens with zero attached hydrogens (tertiary/aromatic N) is 1. The van der Waals surface area contributed by atoms with E-state index in [0.717, 1.165) is 19.6 Å². The number of nitro benzene ring substituents is 1. The van der Waals surface area contributed by atoms with Gasteiger partial charge in [-0.15, -0.1) is 0 Å². The van der Waals surface area contributed by atoms with Gasteiger partial charge in [0.2, 0.25) is 0 Å². The molecule has 0 saturated carbocycles. The lowest BCUT2D eigenvalue weighted by atomic mass is 10.2. The van der Waals surface area contributed by atoms with Crippen LogP contribution in [0.5, 0.6) is 5.75 Å². The first-order valence-corrected chi connectivity index (χ1v) is 7.98. The number of hydrogen-bond acceptors (Lipinski definition) is 5. The summed E-state index contributed by atoms with van der Waals surface area (Å²) in [5.74, 6) is 0.490. The van der Waals surface area contributed by atoms with Gasteiger partial charge in [0.15, 0.2) is 0 Å². The molecule has 1 N–H and O–H groups in total. The van der Waals surface area contributed by atoms with Crippen LogP contribution in [0.3, 0.4) is 0 Å².